The lowest BCUT2D eigenvalue weighted by Crippen LogP contribution is -2.34. The lowest BCUT2D eigenvalue weighted by Gasteiger charge is -2.29. The molecule has 1 aliphatic rings. The molecule has 0 fully saturated rings. The first kappa shape index (κ1) is 16.6. The van der Waals surface area contributed by atoms with Gasteiger partial charge in [-0.1, -0.05) is 12.1 Å². The smallest absolute Gasteiger partial charge is 0.317 e. The fraction of sp³-hybridized carbons (Fsp3) is 0.263. The second-order valence-corrected chi connectivity index (χ2v) is 6.46. The van der Waals surface area contributed by atoms with E-state index in [9.17, 15) is 14.0 Å². The van der Waals surface area contributed by atoms with Gasteiger partial charge in [-0.25, -0.2) is 4.39 Å². The standard InChI is InChI=1S/C19H17FO3S/c1-2-23-19(22)18-16(12-4-3-5-15(20)8-12)9-14(10-17(18)21)13-6-7-24-11-13/h3-8,10-11,16,18H,2,9H2,1H3/t16-,18-/m1/s1. The van der Waals surface area contributed by atoms with Gasteiger partial charge in [-0.05, 0) is 65.1 Å². The predicted molar refractivity (Wildman–Crippen MR) is 91.2 cm³/mol. The number of ether oxygens (including phenoxy) is 1. The van der Waals surface area contributed by atoms with Crippen LogP contribution in [-0.4, -0.2) is 18.4 Å². The second-order valence-electron chi connectivity index (χ2n) is 5.68. The van der Waals surface area contributed by atoms with Crippen molar-refractivity contribution in [2.75, 3.05) is 6.61 Å². The van der Waals surface area contributed by atoms with Crippen molar-refractivity contribution in [3.8, 4) is 0 Å². The maximum absolute atomic E-state index is 13.7. The third-order valence-electron chi connectivity index (χ3n) is 4.17. The largest absolute Gasteiger partial charge is 0.465 e. The van der Waals surface area contributed by atoms with Crippen LogP contribution in [0.25, 0.3) is 5.57 Å². The van der Waals surface area contributed by atoms with Crippen LogP contribution in [0.2, 0.25) is 0 Å². The van der Waals surface area contributed by atoms with Gasteiger partial charge in [0.15, 0.2) is 5.78 Å². The highest BCUT2D eigenvalue weighted by Gasteiger charge is 2.39. The van der Waals surface area contributed by atoms with Gasteiger partial charge in [0.05, 0.1) is 6.61 Å². The van der Waals surface area contributed by atoms with Crippen molar-refractivity contribution >= 4 is 28.7 Å². The molecule has 0 N–H and O–H groups in total. The first-order valence-electron chi connectivity index (χ1n) is 7.79. The Balaban J connectivity index is 2.02. The third-order valence-corrected chi connectivity index (χ3v) is 4.86. The Morgan fingerprint density at radius 3 is 2.88 bits per heavy atom. The maximum atomic E-state index is 13.7. The number of allylic oxidation sites excluding steroid dienone is 2. The van der Waals surface area contributed by atoms with Crippen molar-refractivity contribution in [1.82, 2.24) is 0 Å². The molecule has 3 rings (SSSR count). The SMILES string of the molecule is CCOC(=O)[C@H]1C(=O)C=C(c2ccsc2)C[C@@H]1c1cccc(F)c1. The summed E-state index contributed by atoms with van der Waals surface area (Å²) in [6.45, 7) is 1.91. The summed E-state index contributed by atoms with van der Waals surface area (Å²) in [4.78, 5) is 24.9. The summed E-state index contributed by atoms with van der Waals surface area (Å²) in [7, 11) is 0. The maximum Gasteiger partial charge on any atom is 0.317 e. The minimum absolute atomic E-state index is 0.208. The topological polar surface area (TPSA) is 43.4 Å². The van der Waals surface area contributed by atoms with Gasteiger partial charge in [-0.2, -0.15) is 11.3 Å². The van der Waals surface area contributed by atoms with Crippen molar-refractivity contribution in [2.24, 2.45) is 5.92 Å². The van der Waals surface area contributed by atoms with E-state index in [1.165, 1.54) is 18.2 Å². The first-order valence-corrected chi connectivity index (χ1v) is 8.73. The number of hydrogen-bond donors (Lipinski definition) is 0. The zero-order valence-electron chi connectivity index (χ0n) is 13.2. The van der Waals surface area contributed by atoms with Gasteiger partial charge in [0.25, 0.3) is 0 Å². The summed E-state index contributed by atoms with van der Waals surface area (Å²) in [5.41, 5.74) is 2.48. The summed E-state index contributed by atoms with van der Waals surface area (Å²) in [5.74, 6) is -2.55. The van der Waals surface area contributed by atoms with Crippen LogP contribution < -0.4 is 0 Å². The zero-order chi connectivity index (χ0) is 17.1. The molecule has 2 atom stereocenters. The normalized spacial score (nSPS) is 20.6. The number of halogens is 1. The van der Waals surface area contributed by atoms with Crippen LogP contribution in [0.15, 0.2) is 47.2 Å². The van der Waals surface area contributed by atoms with Crippen LogP contribution in [0.3, 0.4) is 0 Å². The molecule has 24 heavy (non-hydrogen) atoms. The fourth-order valence-electron chi connectivity index (χ4n) is 3.08. The van der Waals surface area contributed by atoms with Crippen molar-refractivity contribution in [3.63, 3.8) is 0 Å². The number of rotatable bonds is 4. The number of benzene rings is 1. The molecule has 1 aromatic heterocycles. The van der Waals surface area contributed by atoms with Gasteiger partial charge >= 0.3 is 5.97 Å². The molecule has 0 saturated heterocycles. The summed E-state index contributed by atoms with van der Waals surface area (Å²) >= 11 is 1.55. The van der Waals surface area contributed by atoms with E-state index in [0.717, 1.165) is 11.1 Å². The molecule has 1 heterocycles. The van der Waals surface area contributed by atoms with Crippen LogP contribution in [0.5, 0.6) is 0 Å². The molecule has 3 nitrogen and oxygen atoms in total. The summed E-state index contributed by atoms with van der Waals surface area (Å²) < 4.78 is 18.7. The van der Waals surface area contributed by atoms with Crippen LogP contribution >= 0.6 is 11.3 Å². The van der Waals surface area contributed by atoms with Gasteiger partial charge < -0.3 is 4.74 Å². The minimum atomic E-state index is -0.922. The number of carbonyl (C=O) groups excluding carboxylic acids is 2. The molecular weight excluding hydrogens is 327 g/mol. The van der Waals surface area contributed by atoms with Crippen molar-refractivity contribution in [1.29, 1.82) is 0 Å². The van der Waals surface area contributed by atoms with E-state index in [1.807, 2.05) is 16.8 Å². The first-order chi connectivity index (χ1) is 11.6. The molecule has 124 valence electrons. The van der Waals surface area contributed by atoms with E-state index >= 15 is 0 Å². The summed E-state index contributed by atoms with van der Waals surface area (Å²) in [5, 5.41) is 3.90. The monoisotopic (exact) mass is 344 g/mol. The lowest BCUT2D eigenvalue weighted by atomic mass is 9.74. The minimum Gasteiger partial charge on any atom is -0.465 e. The Kier molecular flexibility index (Phi) is 4.90. The zero-order valence-corrected chi connectivity index (χ0v) is 14.0. The number of thiophene rings is 1. The Morgan fingerprint density at radius 2 is 2.21 bits per heavy atom. The van der Waals surface area contributed by atoms with Crippen molar-refractivity contribution in [3.05, 3.63) is 64.1 Å². The van der Waals surface area contributed by atoms with Crippen LogP contribution in [0.4, 0.5) is 4.39 Å². The van der Waals surface area contributed by atoms with Crippen LogP contribution in [-0.2, 0) is 14.3 Å². The predicted octanol–water partition coefficient (Wildman–Crippen LogP) is 4.21. The average molecular weight is 344 g/mol. The molecule has 1 aromatic carbocycles. The van der Waals surface area contributed by atoms with Gasteiger partial charge in [-0.15, -0.1) is 0 Å². The van der Waals surface area contributed by atoms with E-state index in [2.05, 4.69) is 0 Å². The van der Waals surface area contributed by atoms with Gasteiger partial charge in [0.2, 0.25) is 0 Å². The quantitative estimate of drug-likeness (QED) is 0.616. The average Bonchev–Trinajstić information content (AvgIpc) is 3.08. The van der Waals surface area contributed by atoms with Gasteiger partial charge in [-0.3, -0.25) is 9.59 Å². The summed E-state index contributed by atoms with van der Waals surface area (Å²) in [6.07, 6.45) is 2.02. The molecule has 0 aliphatic heterocycles. The van der Waals surface area contributed by atoms with E-state index in [1.54, 1.807) is 30.4 Å². The highest BCUT2D eigenvalue weighted by Crippen LogP contribution is 2.40. The molecule has 0 spiro atoms. The van der Waals surface area contributed by atoms with Gasteiger partial charge in [0.1, 0.15) is 11.7 Å². The Morgan fingerprint density at radius 1 is 1.38 bits per heavy atom. The fourth-order valence-corrected chi connectivity index (χ4v) is 3.76. The van der Waals surface area contributed by atoms with E-state index in [-0.39, 0.29) is 18.2 Å². The third kappa shape index (κ3) is 3.31. The molecule has 0 unspecified atom stereocenters. The molecule has 0 amide bonds. The van der Waals surface area contributed by atoms with E-state index in [0.29, 0.717) is 12.0 Å². The van der Waals surface area contributed by atoms with Crippen LogP contribution in [0, 0.1) is 11.7 Å². The molecular formula is C19H17FO3S. The highest BCUT2D eigenvalue weighted by molar-refractivity contribution is 7.08. The lowest BCUT2D eigenvalue weighted by molar-refractivity contribution is -0.151. The Labute approximate surface area is 143 Å². The van der Waals surface area contributed by atoms with Crippen molar-refractivity contribution < 1.29 is 18.7 Å². The highest BCUT2D eigenvalue weighted by atomic mass is 32.1. The number of esters is 1. The van der Waals surface area contributed by atoms with Crippen molar-refractivity contribution in [2.45, 2.75) is 19.3 Å². The number of hydrogen-bond acceptors (Lipinski definition) is 4. The molecule has 0 bridgehead atoms. The second kappa shape index (κ2) is 7.09. The van der Waals surface area contributed by atoms with E-state index < -0.39 is 17.8 Å². The number of ketones is 1. The van der Waals surface area contributed by atoms with Crippen LogP contribution in [0.1, 0.15) is 30.4 Å². The molecule has 0 radical (unpaired) electrons. The molecule has 0 saturated carbocycles. The van der Waals surface area contributed by atoms with Gasteiger partial charge in [0, 0.05) is 5.92 Å². The Hall–Kier alpha value is -2.27. The molecule has 2 aromatic rings. The molecule has 1 aliphatic carbocycles. The number of carbonyl (C=O) groups is 2. The summed E-state index contributed by atoms with van der Waals surface area (Å²) in [6, 6.07) is 8.03. The Bertz CT molecular complexity index is 780. The van der Waals surface area contributed by atoms with E-state index in [4.69, 9.17) is 4.74 Å². The molecule has 5 heteroatoms.